The van der Waals surface area contributed by atoms with Gasteiger partial charge in [0.2, 0.25) is 5.91 Å². The van der Waals surface area contributed by atoms with Gasteiger partial charge in [0.15, 0.2) is 6.54 Å². The average molecular weight is 355 g/mol. The second kappa shape index (κ2) is 7.56. The number of hydrogen-bond acceptors (Lipinski definition) is 2. The van der Waals surface area contributed by atoms with E-state index in [9.17, 15) is 9.59 Å². The Hall–Kier alpha value is -1.40. The van der Waals surface area contributed by atoms with Gasteiger partial charge in [-0.05, 0) is 30.7 Å². The Labute approximate surface area is 133 Å². The fraction of sp³-hybridized carbons (Fsp3) is 0.467. The number of hydrogen-bond donors (Lipinski definition) is 3. The smallest absolute Gasteiger partial charge is 0.275 e. The molecular formula is C15H21BrN3O2+. The number of quaternary nitrogens is 1. The number of anilines is 1. The van der Waals surface area contributed by atoms with Crippen LogP contribution in [0.3, 0.4) is 0 Å². The van der Waals surface area contributed by atoms with Crippen LogP contribution in [0.1, 0.15) is 18.4 Å². The Morgan fingerprint density at radius 2 is 1.95 bits per heavy atom. The number of carbonyl (C=O) groups excluding carboxylic acids is 2. The van der Waals surface area contributed by atoms with Gasteiger partial charge >= 0.3 is 0 Å². The van der Waals surface area contributed by atoms with Crippen molar-refractivity contribution in [3.8, 4) is 0 Å². The molecule has 1 aromatic carbocycles. The molecule has 2 amide bonds. The van der Waals surface area contributed by atoms with Gasteiger partial charge in [-0.3, -0.25) is 9.59 Å². The molecule has 114 valence electrons. The number of likely N-dealkylation sites (tertiary alicyclic amines) is 1. The quantitative estimate of drug-likeness (QED) is 0.720. The van der Waals surface area contributed by atoms with Crippen molar-refractivity contribution in [1.29, 1.82) is 0 Å². The van der Waals surface area contributed by atoms with Gasteiger partial charge in [0.1, 0.15) is 0 Å². The molecule has 2 rings (SSSR count). The summed E-state index contributed by atoms with van der Waals surface area (Å²) in [6.45, 7) is 4.51. The van der Waals surface area contributed by atoms with Gasteiger partial charge in [0.25, 0.3) is 5.91 Å². The summed E-state index contributed by atoms with van der Waals surface area (Å²) >= 11 is 3.38. The van der Waals surface area contributed by atoms with Gasteiger partial charge in [-0.2, -0.15) is 0 Å². The summed E-state index contributed by atoms with van der Waals surface area (Å²) in [5.74, 6) is -0.264. The van der Waals surface area contributed by atoms with Gasteiger partial charge in [0.05, 0.1) is 19.6 Å². The fourth-order valence-electron chi connectivity index (χ4n) is 2.48. The van der Waals surface area contributed by atoms with Crippen LogP contribution >= 0.6 is 15.9 Å². The first-order valence-corrected chi connectivity index (χ1v) is 8.00. The molecule has 0 radical (unpaired) electrons. The molecule has 0 unspecified atom stereocenters. The van der Waals surface area contributed by atoms with Crippen LogP contribution in [0.4, 0.5) is 5.69 Å². The molecule has 1 aromatic rings. The molecule has 6 heteroatoms. The molecule has 0 bridgehead atoms. The molecule has 0 atom stereocenters. The normalized spacial score (nSPS) is 15.0. The first-order chi connectivity index (χ1) is 10.0. The van der Waals surface area contributed by atoms with Crippen molar-refractivity contribution in [2.24, 2.45) is 0 Å². The van der Waals surface area contributed by atoms with Gasteiger partial charge < -0.3 is 15.5 Å². The van der Waals surface area contributed by atoms with E-state index in [-0.39, 0.29) is 18.4 Å². The second-order valence-corrected chi connectivity index (χ2v) is 6.33. The summed E-state index contributed by atoms with van der Waals surface area (Å²) in [7, 11) is 0. The predicted molar refractivity (Wildman–Crippen MR) is 85.3 cm³/mol. The highest BCUT2D eigenvalue weighted by Crippen LogP contribution is 2.19. The zero-order chi connectivity index (χ0) is 15.2. The number of amides is 2. The summed E-state index contributed by atoms with van der Waals surface area (Å²) < 4.78 is 0.972. The maximum atomic E-state index is 11.8. The Balaban J connectivity index is 1.75. The topological polar surface area (TPSA) is 62.6 Å². The van der Waals surface area contributed by atoms with Gasteiger partial charge in [-0.1, -0.05) is 15.9 Å². The molecule has 0 spiro atoms. The Bertz CT molecular complexity index is 528. The van der Waals surface area contributed by atoms with Crippen molar-refractivity contribution < 1.29 is 14.5 Å². The van der Waals surface area contributed by atoms with E-state index in [1.807, 2.05) is 25.1 Å². The van der Waals surface area contributed by atoms with E-state index >= 15 is 0 Å². The number of aryl methyl sites for hydroxylation is 1. The molecule has 1 aliphatic rings. The Morgan fingerprint density at radius 3 is 2.62 bits per heavy atom. The second-order valence-electron chi connectivity index (χ2n) is 5.42. The molecule has 0 aliphatic carbocycles. The highest BCUT2D eigenvalue weighted by Gasteiger charge is 2.19. The van der Waals surface area contributed by atoms with E-state index in [2.05, 4.69) is 26.6 Å². The van der Waals surface area contributed by atoms with Crippen LogP contribution in [-0.4, -0.2) is 38.0 Å². The zero-order valence-electron chi connectivity index (χ0n) is 12.2. The number of halogens is 1. The standard InChI is InChI=1S/C15H20BrN3O2/c1-11-8-12(16)4-5-13(11)18-14(20)9-17-15(21)10-19-6-2-3-7-19/h4-5,8H,2-3,6-7,9-10H2,1H3,(H,17,21)(H,18,20)/p+1. The molecule has 1 fully saturated rings. The van der Waals surface area contributed by atoms with Crippen LogP contribution in [0.15, 0.2) is 22.7 Å². The number of rotatable bonds is 5. The maximum absolute atomic E-state index is 11.8. The van der Waals surface area contributed by atoms with Crippen molar-refractivity contribution in [2.75, 3.05) is 31.5 Å². The highest BCUT2D eigenvalue weighted by molar-refractivity contribution is 9.10. The van der Waals surface area contributed by atoms with Crippen LogP contribution in [0, 0.1) is 6.92 Å². The van der Waals surface area contributed by atoms with Crippen LogP contribution in [-0.2, 0) is 9.59 Å². The molecule has 0 saturated carbocycles. The average Bonchev–Trinajstić information content (AvgIpc) is 2.92. The third kappa shape index (κ3) is 5.13. The van der Waals surface area contributed by atoms with Crippen LogP contribution in [0.2, 0.25) is 0 Å². The largest absolute Gasteiger partial charge is 0.342 e. The Morgan fingerprint density at radius 1 is 1.24 bits per heavy atom. The molecule has 1 heterocycles. The Kier molecular flexibility index (Phi) is 5.76. The lowest BCUT2D eigenvalue weighted by Gasteiger charge is -2.12. The van der Waals surface area contributed by atoms with Crippen molar-refractivity contribution in [3.05, 3.63) is 28.2 Å². The minimum atomic E-state index is -0.204. The van der Waals surface area contributed by atoms with Gasteiger partial charge in [-0.25, -0.2) is 0 Å². The summed E-state index contributed by atoms with van der Waals surface area (Å²) in [6.07, 6.45) is 2.37. The highest BCUT2D eigenvalue weighted by atomic mass is 79.9. The lowest BCUT2D eigenvalue weighted by Crippen LogP contribution is -3.11. The minimum Gasteiger partial charge on any atom is -0.342 e. The lowest BCUT2D eigenvalue weighted by molar-refractivity contribution is -0.879. The first kappa shape index (κ1) is 16.0. The summed E-state index contributed by atoms with van der Waals surface area (Å²) in [4.78, 5) is 24.9. The van der Waals surface area contributed by atoms with Crippen molar-refractivity contribution in [1.82, 2.24) is 5.32 Å². The van der Waals surface area contributed by atoms with Crippen molar-refractivity contribution in [2.45, 2.75) is 19.8 Å². The van der Waals surface area contributed by atoms with E-state index < -0.39 is 0 Å². The van der Waals surface area contributed by atoms with Crippen molar-refractivity contribution in [3.63, 3.8) is 0 Å². The van der Waals surface area contributed by atoms with Gasteiger partial charge in [0, 0.05) is 23.0 Å². The van der Waals surface area contributed by atoms with Crippen molar-refractivity contribution >= 4 is 33.4 Å². The molecule has 1 saturated heterocycles. The monoisotopic (exact) mass is 354 g/mol. The molecule has 21 heavy (non-hydrogen) atoms. The van der Waals surface area contributed by atoms with E-state index in [0.29, 0.717) is 6.54 Å². The summed E-state index contributed by atoms with van der Waals surface area (Å²) in [5.41, 5.74) is 1.74. The van der Waals surface area contributed by atoms with E-state index in [1.165, 1.54) is 17.7 Å². The third-order valence-corrected chi connectivity index (χ3v) is 4.12. The first-order valence-electron chi connectivity index (χ1n) is 7.21. The molecule has 5 nitrogen and oxygen atoms in total. The van der Waals surface area contributed by atoms with E-state index in [0.717, 1.165) is 28.8 Å². The zero-order valence-corrected chi connectivity index (χ0v) is 13.8. The summed E-state index contributed by atoms with van der Waals surface area (Å²) in [6, 6.07) is 5.65. The van der Waals surface area contributed by atoms with Crippen LogP contribution < -0.4 is 15.5 Å². The molecular weight excluding hydrogens is 334 g/mol. The SMILES string of the molecule is Cc1cc(Br)ccc1NC(=O)CNC(=O)C[NH+]1CCCC1. The molecule has 3 N–H and O–H groups in total. The number of nitrogens with one attached hydrogen (secondary N) is 3. The van der Waals surface area contributed by atoms with Gasteiger partial charge in [-0.15, -0.1) is 0 Å². The molecule has 0 aromatic heterocycles. The third-order valence-electron chi connectivity index (χ3n) is 3.63. The number of benzene rings is 1. The van der Waals surface area contributed by atoms with E-state index in [4.69, 9.17) is 0 Å². The number of carbonyl (C=O) groups is 2. The van der Waals surface area contributed by atoms with Crippen LogP contribution in [0.25, 0.3) is 0 Å². The lowest BCUT2D eigenvalue weighted by atomic mass is 10.2. The predicted octanol–water partition coefficient (Wildman–Crippen LogP) is 0.491. The summed E-state index contributed by atoms with van der Waals surface area (Å²) in [5, 5.41) is 5.48. The maximum Gasteiger partial charge on any atom is 0.275 e. The fourth-order valence-corrected chi connectivity index (χ4v) is 2.96. The minimum absolute atomic E-state index is 0.0155. The van der Waals surface area contributed by atoms with Crippen LogP contribution in [0.5, 0.6) is 0 Å². The molecule has 1 aliphatic heterocycles. The van der Waals surface area contributed by atoms with E-state index in [1.54, 1.807) is 0 Å².